The maximum atomic E-state index is 11.6. The molecule has 0 aromatic carbocycles. The third kappa shape index (κ3) is 2.63. The van der Waals surface area contributed by atoms with Crippen LogP contribution in [0.5, 0.6) is 0 Å². The van der Waals surface area contributed by atoms with E-state index in [2.05, 4.69) is 14.9 Å². The van der Waals surface area contributed by atoms with E-state index >= 15 is 0 Å². The van der Waals surface area contributed by atoms with Gasteiger partial charge in [-0.3, -0.25) is 0 Å². The molecule has 2 fully saturated rings. The molecule has 0 amide bonds. The van der Waals surface area contributed by atoms with Gasteiger partial charge in [-0.25, -0.2) is 13.4 Å². The number of aromatic nitrogens is 2. The minimum absolute atomic E-state index is 0.206. The number of rotatable bonds is 3. The fraction of sp³-hybridized carbons (Fsp3) is 0.769. The van der Waals surface area contributed by atoms with Gasteiger partial charge < -0.3 is 9.88 Å². The second kappa shape index (κ2) is 4.51. The molecule has 1 aliphatic heterocycles. The Kier molecular flexibility index (Phi) is 3.08. The van der Waals surface area contributed by atoms with Crippen molar-refractivity contribution in [1.29, 1.82) is 0 Å². The maximum Gasteiger partial charge on any atom is 0.203 e. The van der Waals surface area contributed by atoms with Crippen molar-refractivity contribution in [1.82, 2.24) is 9.55 Å². The van der Waals surface area contributed by atoms with E-state index in [0.29, 0.717) is 12.5 Å². The van der Waals surface area contributed by atoms with Crippen LogP contribution in [0, 0.1) is 0 Å². The molecule has 106 valence electrons. The smallest absolute Gasteiger partial charge is 0.203 e. The molecule has 2 aliphatic rings. The fourth-order valence-electron chi connectivity index (χ4n) is 3.27. The van der Waals surface area contributed by atoms with Crippen LogP contribution in [0.2, 0.25) is 0 Å². The van der Waals surface area contributed by atoms with Gasteiger partial charge in [0.05, 0.1) is 17.0 Å². The molecular weight excluding hydrogens is 262 g/mol. The molecule has 0 spiro atoms. The molecule has 19 heavy (non-hydrogen) atoms. The fourth-order valence-corrected chi connectivity index (χ4v) is 5.36. The number of anilines is 1. The molecule has 1 aromatic rings. The van der Waals surface area contributed by atoms with Crippen LogP contribution >= 0.6 is 0 Å². The first-order chi connectivity index (χ1) is 8.98. The molecule has 2 heterocycles. The third-order valence-electron chi connectivity index (χ3n) is 4.30. The summed E-state index contributed by atoms with van der Waals surface area (Å²) in [5.74, 6) is 1.31. The van der Waals surface area contributed by atoms with E-state index < -0.39 is 9.84 Å². The Labute approximate surface area is 114 Å². The van der Waals surface area contributed by atoms with Crippen molar-refractivity contribution in [3.05, 3.63) is 12.4 Å². The van der Waals surface area contributed by atoms with Crippen LogP contribution in [0.1, 0.15) is 45.1 Å². The average molecular weight is 283 g/mol. The van der Waals surface area contributed by atoms with Crippen LogP contribution < -0.4 is 5.32 Å². The molecule has 1 saturated carbocycles. The Morgan fingerprint density at radius 3 is 2.79 bits per heavy atom. The molecular formula is C13H21N3O2S. The highest BCUT2D eigenvalue weighted by Gasteiger charge is 2.39. The SMILES string of the molecule is CC1(Nc2nccn2C2CCCC2)CCS(=O)(=O)C1. The Bertz CT molecular complexity index is 560. The standard InChI is InChI=1S/C13H21N3O2S/c1-13(6-9-19(17,18)10-13)15-12-14-7-8-16(12)11-4-2-3-5-11/h7-8,11H,2-6,9-10H2,1H3,(H,14,15). The molecule has 1 atom stereocenters. The molecule has 6 heteroatoms. The van der Waals surface area contributed by atoms with Crippen LogP contribution in [0.4, 0.5) is 5.95 Å². The number of sulfone groups is 1. The first-order valence-corrected chi connectivity index (χ1v) is 8.81. The third-order valence-corrected chi connectivity index (χ3v) is 6.21. The number of nitrogens with zero attached hydrogens (tertiary/aromatic N) is 2. The van der Waals surface area contributed by atoms with Gasteiger partial charge in [0.25, 0.3) is 0 Å². The lowest BCUT2D eigenvalue weighted by Gasteiger charge is -2.26. The van der Waals surface area contributed by atoms with Crippen LogP contribution in [0.15, 0.2) is 12.4 Å². The second-order valence-electron chi connectivity index (χ2n) is 6.12. The molecule has 3 rings (SSSR count). The van der Waals surface area contributed by atoms with Gasteiger partial charge in [0.1, 0.15) is 0 Å². The van der Waals surface area contributed by atoms with Gasteiger partial charge in [-0.1, -0.05) is 12.8 Å². The van der Waals surface area contributed by atoms with Gasteiger partial charge >= 0.3 is 0 Å². The monoisotopic (exact) mass is 283 g/mol. The van der Waals surface area contributed by atoms with Crippen LogP contribution in [-0.2, 0) is 9.84 Å². The van der Waals surface area contributed by atoms with E-state index in [0.717, 1.165) is 5.95 Å². The average Bonchev–Trinajstić information content (AvgIpc) is 2.99. The first kappa shape index (κ1) is 13.0. The van der Waals surface area contributed by atoms with Crippen molar-refractivity contribution in [3.8, 4) is 0 Å². The van der Waals surface area contributed by atoms with E-state index in [9.17, 15) is 8.42 Å². The predicted molar refractivity (Wildman–Crippen MR) is 75.0 cm³/mol. The van der Waals surface area contributed by atoms with Gasteiger partial charge in [-0.15, -0.1) is 0 Å². The summed E-state index contributed by atoms with van der Waals surface area (Å²) in [5, 5.41) is 3.37. The number of hydrogen-bond acceptors (Lipinski definition) is 4. The van der Waals surface area contributed by atoms with E-state index in [1.54, 1.807) is 6.20 Å². The summed E-state index contributed by atoms with van der Waals surface area (Å²) in [5.41, 5.74) is -0.374. The highest BCUT2D eigenvalue weighted by atomic mass is 32.2. The largest absolute Gasteiger partial charge is 0.349 e. The second-order valence-corrected chi connectivity index (χ2v) is 8.31. The van der Waals surface area contributed by atoms with Crippen LogP contribution in [0.25, 0.3) is 0 Å². The lowest BCUT2D eigenvalue weighted by Crippen LogP contribution is -2.37. The molecule has 0 radical (unpaired) electrons. The van der Waals surface area contributed by atoms with Crippen molar-refractivity contribution in [2.45, 2.75) is 50.6 Å². The summed E-state index contributed by atoms with van der Waals surface area (Å²) in [6.45, 7) is 1.98. The van der Waals surface area contributed by atoms with Gasteiger partial charge in [-0.05, 0) is 26.2 Å². The van der Waals surface area contributed by atoms with E-state index in [1.807, 2.05) is 13.1 Å². The normalized spacial score (nSPS) is 30.8. The molecule has 1 N–H and O–H groups in total. The molecule has 1 aromatic heterocycles. The van der Waals surface area contributed by atoms with Crippen molar-refractivity contribution >= 4 is 15.8 Å². The number of nitrogens with one attached hydrogen (secondary N) is 1. The molecule has 1 aliphatic carbocycles. The summed E-state index contributed by atoms with van der Waals surface area (Å²) >= 11 is 0. The van der Waals surface area contributed by atoms with Crippen LogP contribution in [0.3, 0.4) is 0 Å². The van der Waals surface area contributed by atoms with Gasteiger partial charge in [0, 0.05) is 18.4 Å². The van der Waals surface area contributed by atoms with E-state index in [1.165, 1.54) is 25.7 Å². The van der Waals surface area contributed by atoms with E-state index in [4.69, 9.17) is 0 Å². The zero-order valence-corrected chi connectivity index (χ0v) is 12.1. The van der Waals surface area contributed by atoms with E-state index in [-0.39, 0.29) is 17.0 Å². The minimum Gasteiger partial charge on any atom is -0.349 e. The van der Waals surface area contributed by atoms with Crippen molar-refractivity contribution in [2.75, 3.05) is 16.8 Å². The molecule has 1 saturated heterocycles. The Hall–Kier alpha value is -1.04. The van der Waals surface area contributed by atoms with Gasteiger partial charge in [0.15, 0.2) is 9.84 Å². The number of hydrogen-bond donors (Lipinski definition) is 1. The Balaban J connectivity index is 1.79. The van der Waals surface area contributed by atoms with Crippen LogP contribution in [-0.4, -0.2) is 35.0 Å². The molecule has 0 bridgehead atoms. The summed E-state index contributed by atoms with van der Waals surface area (Å²) in [6.07, 6.45) is 9.40. The summed E-state index contributed by atoms with van der Waals surface area (Å²) < 4.78 is 25.5. The maximum absolute atomic E-state index is 11.6. The number of imidazole rings is 1. The summed E-state index contributed by atoms with van der Waals surface area (Å²) in [4.78, 5) is 4.37. The van der Waals surface area contributed by atoms with Gasteiger partial charge in [0.2, 0.25) is 5.95 Å². The lowest BCUT2D eigenvalue weighted by atomic mass is 10.0. The summed E-state index contributed by atoms with van der Waals surface area (Å²) in [6, 6.07) is 0.520. The quantitative estimate of drug-likeness (QED) is 0.921. The Morgan fingerprint density at radius 2 is 2.16 bits per heavy atom. The topological polar surface area (TPSA) is 64.0 Å². The zero-order valence-electron chi connectivity index (χ0n) is 11.3. The Morgan fingerprint density at radius 1 is 1.42 bits per heavy atom. The molecule has 5 nitrogen and oxygen atoms in total. The first-order valence-electron chi connectivity index (χ1n) is 6.99. The molecule has 1 unspecified atom stereocenters. The van der Waals surface area contributed by atoms with Gasteiger partial charge in [-0.2, -0.15) is 0 Å². The highest BCUT2D eigenvalue weighted by Crippen LogP contribution is 2.33. The van der Waals surface area contributed by atoms with Crippen molar-refractivity contribution in [2.24, 2.45) is 0 Å². The minimum atomic E-state index is -2.89. The van der Waals surface area contributed by atoms with Crippen molar-refractivity contribution in [3.63, 3.8) is 0 Å². The highest BCUT2D eigenvalue weighted by molar-refractivity contribution is 7.91. The predicted octanol–water partition coefficient (Wildman–Crippen LogP) is 1.99. The summed E-state index contributed by atoms with van der Waals surface area (Å²) in [7, 11) is -2.89. The van der Waals surface area contributed by atoms with Crippen molar-refractivity contribution < 1.29 is 8.42 Å². The zero-order chi connectivity index (χ0) is 13.5. The lowest BCUT2D eigenvalue weighted by molar-refractivity contribution is 0.505.